The van der Waals surface area contributed by atoms with Crippen molar-refractivity contribution in [3.05, 3.63) is 0 Å². The standard InChI is InChI=1S/C15H27ClO3/c1-5-6-7-8-9-10-11-19-13(17)12(2)15(3,4)14(16)18/h12H,5-11H2,1-4H3. The molecule has 0 spiro atoms. The van der Waals surface area contributed by atoms with E-state index in [1.165, 1.54) is 25.7 Å². The van der Waals surface area contributed by atoms with Gasteiger partial charge in [-0.2, -0.15) is 0 Å². The minimum Gasteiger partial charge on any atom is -0.465 e. The summed E-state index contributed by atoms with van der Waals surface area (Å²) in [7, 11) is 0. The third kappa shape index (κ3) is 6.95. The Morgan fingerprint density at radius 3 is 2.16 bits per heavy atom. The highest BCUT2D eigenvalue weighted by atomic mass is 35.5. The van der Waals surface area contributed by atoms with Gasteiger partial charge in [0.15, 0.2) is 0 Å². The van der Waals surface area contributed by atoms with E-state index in [2.05, 4.69) is 6.92 Å². The lowest BCUT2D eigenvalue weighted by atomic mass is 9.81. The van der Waals surface area contributed by atoms with Gasteiger partial charge in [0.2, 0.25) is 5.24 Å². The van der Waals surface area contributed by atoms with E-state index in [1.54, 1.807) is 20.8 Å². The quantitative estimate of drug-likeness (QED) is 0.342. The maximum absolute atomic E-state index is 11.8. The Balaban J connectivity index is 3.83. The third-order valence-corrected chi connectivity index (χ3v) is 4.17. The van der Waals surface area contributed by atoms with Gasteiger partial charge in [-0.3, -0.25) is 9.59 Å². The van der Waals surface area contributed by atoms with Gasteiger partial charge in [-0.25, -0.2) is 0 Å². The zero-order chi connectivity index (χ0) is 14.9. The molecular formula is C15H27ClO3. The zero-order valence-electron chi connectivity index (χ0n) is 12.6. The van der Waals surface area contributed by atoms with Crippen LogP contribution < -0.4 is 0 Å². The molecule has 0 radical (unpaired) electrons. The minimum atomic E-state index is -0.875. The number of hydrogen-bond donors (Lipinski definition) is 0. The molecule has 0 aromatic carbocycles. The number of halogens is 1. The number of esters is 1. The van der Waals surface area contributed by atoms with Crippen LogP contribution in [0, 0.1) is 11.3 Å². The van der Waals surface area contributed by atoms with Crippen molar-refractivity contribution >= 4 is 22.8 Å². The van der Waals surface area contributed by atoms with Crippen LogP contribution in [0.15, 0.2) is 0 Å². The lowest BCUT2D eigenvalue weighted by molar-refractivity contribution is -0.154. The lowest BCUT2D eigenvalue weighted by Crippen LogP contribution is -2.34. The first-order valence-electron chi connectivity index (χ1n) is 7.20. The van der Waals surface area contributed by atoms with Crippen molar-refractivity contribution < 1.29 is 14.3 Å². The number of hydrogen-bond acceptors (Lipinski definition) is 3. The van der Waals surface area contributed by atoms with E-state index in [9.17, 15) is 9.59 Å². The van der Waals surface area contributed by atoms with Gasteiger partial charge in [0, 0.05) is 0 Å². The molecule has 1 unspecified atom stereocenters. The van der Waals surface area contributed by atoms with Crippen LogP contribution in [-0.4, -0.2) is 17.8 Å². The summed E-state index contributed by atoms with van der Waals surface area (Å²) in [6, 6.07) is 0. The summed E-state index contributed by atoms with van der Waals surface area (Å²) in [5.41, 5.74) is -0.875. The van der Waals surface area contributed by atoms with Crippen LogP contribution in [0.25, 0.3) is 0 Å². The molecule has 112 valence electrons. The van der Waals surface area contributed by atoms with E-state index in [0.717, 1.165) is 12.8 Å². The van der Waals surface area contributed by atoms with Gasteiger partial charge in [0.1, 0.15) is 0 Å². The molecule has 0 heterocycles. The van der Waals surface area contributed by atoms with Crippen molar-refractivity contribution in [1.29, 1.82) is 0 Å². The molecule has 0 saturated carbocycles. The van der Waals surface area contributed by atoms with E-state index >= 15 is 0 Å². The second-order valence-electron chi connectivity index (χ2n) is 5.65. The van der Waals surface area contributed by atoms with Crippen LogP contribution >= 0.6 is 11.6 Å². The molecule has 0 aliphatic carbocycles. The van der Waals surface area contributed by atoms with Crippen LogP contribution in [0.2, 0.25) is 0 Å². The Bertz CT molecular complexity index is 287. The van der Waals surface area contributed by atoms with Gasteiger partial charge in [-0.15, -0.1) is 0 Å². The van der Waals surface area contributed by atoms with Crippen molar-refractivity contribution in [2.75, 3.05) is 6.61 Å². The van der Waals surface area contributed by atoms with Crippen molar-refractivity contribution in [3.8, 4) is 0 Å². The normalized spacial score (nSPS) is 13.1. The summed E-state index contributed by atoms with van der Waals surface area (Å²) in [5, 5.41) is -0.503. The van der Waals surface area contributed by atoms with Gasteiger partial charge in [-0.1, -0.05) is 59.8 Å². The molecule has 0 N–H and O–H groups in total. The van der Waals surface area contributed by atoms with Crippen LogP contribution in [0.4, 0.5) is 0 Å². The van der Waals surface area contributed by atoms with Crippen LogP contribution in [0.5, 0.6) is 0 Å². The smallest absolute Gasteiger partial charge is 0.309 e. The maximum Gasteiger partial charge on any atom is 0.309 e. The summed E-state index contributed by atoms with van der Waals surface area (Å²) < 4.78 is 5.20. The number of rotatable bonds is 10. The molecule has 0 rings (SSSR count). The van der Waals surface area contributed by atoms with Gasteiger partial charge in [-0.05, 0) is 18.0 Å². The van der Waals surface area contributed by atoms with Crippen molar-refractivity contribution in [3.63, 3.8) is 0 Å². The minimum absolute atomic E-state index is 0.340. The van der Waals surface area contributed by atoms with Crippen molar-refractivity contribution in [2.45, 2.75) is 66.2 Å². The highest BCUT2D eigenvalue weighted by Crippen LogP contribution is 2.30. The van der Waals surface area contributed by atoms with Crippen LogP contribution in [0.1, 0.15) is 66.2 Å². The summed E-state index contributed by atoms with van der Waals surface area (Å²) in [6.45, 7) is 7.63. The number of carbonyl (C=O) groups is 2. The fourth-order valence-electron chi connectivity index (χ4n) is 1.65. The van der Waals surface area contributed by atoms with Gasteiger partial charge >= 0.3 is 5.97 Å². The molecule has 0 aliphatic heterocycles. The molecular weight excluding hydrogens is 264 g/mol. The molecule has 0 aliphatic rings. The predicted molar refractivity (Wildman–Crippen MR) is 78.1 cm³/mol. The molecule has 0 amide bonds. The average Bonchev–Trinajstić information content (AvgIpc) is 2.36. The molecule has 0 saturated heterocycles. The van der Waals surface area contributed by atoms with Gasteiger partial charge < -0.3 is 4.74 Å². The SMILES string of the molecule is CCCCCCCCOC(=O)C(C)C(C)(C)C(=O)Cl. The molecule has 3 nitrogen and oxygen atoms in total. The monoisotopic (exact) mass is 290 g/mol. The molecule has 0 aromatic heterocycles. The van der Waals surface area contributed by atoms with E-state index in [0.29, 0.717) is 6.61 Å². The lowest BCUT2D eigenvalue weighted by Gasteiger charge is -2.25. The van der Waals surface area contributed by atoms with E-state index < -0.39 is 16.6 Å². The van der Waals surface area contributed by atoms with Crippen LogP contribution in [0.3, 0.4) is 0 Å². The fraction of sp³-hybridized carbons (Fsp3) is 0.867. The Labute approximate surface area is 122 Å². The zero-order valence-corrected chi connectivity index (χ0v) is 13.4. The Morgan fingerprint density at radius 2 is 1.63 bits per heavy atom. The number of unbranched alkanes of at least 4 members (excludes halogenated alkanes) is 5. The second kappa shape index (κ2) is 9.35. The molecule has 4 heteroatoms. The molecule has 0 fully saturated rings. The van der Waals surface area contributed by atoms with Crippen LogP contribution in [-0.2, 0) is 14.3 Å². The molecule has 0 bridgehead atoms. The Morgan fingerprint density at radius 1 is 1.11 bits per heavy atom. The highest BCUT2D eigenvalue weighted by Gasteiger charge is 2.38. The second-order valence-corrected chi connectivity index (χ2v) is 6.00. The summed E-state index contributed by atoms with van der Waals surface area (Å²) in [5.74, 6) is -0.856. The third-order valence-electron chi connectivity index (χ3n) is 3.68. The van der Waals surface area contributed by atoms with Gasteiger partial charge in [0.25, 0.3) is 0 Å². The Kier molecular flexibility index (Phi) is 9.07. The predicted octanol–water partition coefficient (Wildman–Crippen LogP) is 4.32. The number of carbonyl (C=O) groups excluding carboxylic acids is 2. The topological polar surface area (TPSA) is 43.4 Å². The first-order valence-corrected chi connectivity index (χ1v) is 7.58. The maximum atomic E-state index is 11.8. The first-order chi connectivity index (χ1) is 8.84. The number of ether oxygens (including phenoxy) is 1. The van der Waals surface area contributed by atoms with Crippen molar-refractivity contribution in [2.24, 2.45) is 11.3 Å². The molecule has 1 atom stereocenters. The summed E-state index contributed by atoms with van der Waals surface area (Å²) in [6.07, 6.45) is 6.90. The fourth-order valence-corrected chi connectivity index (χ4v) is 1.81. The van der Waals surface area contributed by atoms with E-state index in [-0.39, 0.29) is 5.97 Å². The first kappa shape index (κ1) is 18.4. The van der Waals surface area contributed by atoms with E-state index in [4.69, 9.17) is 16.3 Å². The summed E-state index contributed by atoms with van der Waals surface area (Å²) in [4.78, 5) is 23.0. The van der Waals surface area contributed by atoms with E-state index in [1.807, 2.05) is 0 Å². The average molecular weight is 291 g/mol. The molecule has 0 aromatic rings. The Hall–Kier alpha value is -0.570. The highest BCUT2D eigenvalue weighted by molar-refractivity contribution is 6.64. The van der Waals surface area contributed by atoms with Crippen molar-refractivity contribution in [1.82, 2.24) is 0 Å². The largest absolute Gasteiger partial charge is 0.465 e. The van der Waals surface area contributed by atoms with Gasteiger partial charge in [0.05, 0.1) is 17.9 Å². The summed E-state index contributed by atoms with van der Waals surface area (Å²) >= 11 is 5.49. The molecule has 19 heavy (non-hydrogen) atoms.